The van der Waals surface area contributed by atoms with Gasteiger partial charge < -0.3 is 9.47 Å². The van der Waals surface area contributed by atoms with E-state index in [0.29, 0.717) is 0 Å². The topological polar surface area (TPSA) is 21.7 Å². The highest BCUT2D eigenvalue weighted by molar-refractivity contribution is 4.76. The van der Waals surface area contributed by atoms with Crippen molar-refractivity contribution in [1.82, 2.24) is 4.90 Å². The quantitative estimate of drug-likeness (QED) is 0.637. The summed E-state index contributed by atoms with van der Waals surface area (Å²) in [5.41, 5.74) is 0. The molecule has 3 heteroatoms. The maximum absolute atomic E-state index is 5.66. The fourth-order valence-electron chi connectivity index (χ4n) is 1.59. The Labute approximate surface area is 74.6 Å². The van der Waals surface area contributed by atoms with Crippen molar-refractivity contribution in [3.63, 3.8) is 0 Å². The molecule has 0 bridgehead atoms. The van der Waals surface area contributed by atoms with Crippen molar-refractivity contribution in [1.29, 1.82) is 0 Å². The van der Waals surface area contributed by atoms with Gasteiger partial charge in [0.25, 0.3) is 0 Å². The first-order chi connectivity index (χ1) is 5.72. The van der Waals surface area contributed by atoms with Gasteiger partial charge >= 0.3 is 0 Å². The average Bonchev–Trinajstić information content (AvgIpc) is 2.05. The molecule has 1 unspecified atom stereocenters. The van der Waals surface area contributed by atoms with E-state index in [1.807, 2.05) is 6.92 Å². The minimum atomic E-state index is -0.332. The lowest BCUT2D eigenvalue weighted by molar-refractivity contribution is -0.263. The second-order valence-electron chi connectivity index (χ2n) is 3.28. The van der Waals surface area contributed by atoms with Gasteiger partial charge in [0.1, 0.15) is 0 Å². The first-order valence-electron chi connectivity index (χ1n) is 4.69. The molecule has 0 aliphatic carbocycles. The van der Waals surface area contributed by atoms with E-state index in [2.05, 4.69) is 18.9 Å². The molecule has 0 aromatic carbocycles. The summed E-state index contributed by atoms with van der Waals surface area (Å²) in [4.78, 5) is 2.25. The van der Waals surface area contributed by atoms with Gasteiger partial charge in [-0.3, -0.25) is 4.90 Å². The Morgan fingerprint density at radius 1 is 1.50 bits per heavy atom. The Morgan fingerprint density at radius 2 is 2.25 bits per heavy atom. The summed E-state index contributed by atoms with van der Waals surface area (Å²) in [5.74, 6) is -0.332. The molecule has 0 saturated carbocycles. The predicted molar refractivity (Wildman–Crippen MR) is 48.1 cm³/mol. The molecule has 12 heavy (non-hydrogen) atoms. The van der Waals surface area contributed by atoms with Crippen LogP contribution in [0.2, 0.25) is 0 Å². The zero-order valence-corrected chi connectivity index (χ0v) is 8.30. The zero-order valence-electron chi connectivity index (χ0n) is 8.30. The molecule has 1 aliphatic heterocycles. The Kier molecular flexibility index (Phi) is 3.50. The second kappa shape index (κ2) is 4.21. The lowest BCUT2D eigenvalue weighted by Crippen LogP contribution is -2.51. The van der Waals surface area contributed by atoms with Gasteiger partial charge in [-0.15, -0.1) is 0 Å². The summed E-state index contributed by atoms with van der Waals surface area (Å²) < 4.78 is 11.3. The predicted octanol–water partition coefficient (Wildman–Crippen LogP) is 1.09. The third kappa shape index (κ3) is 2.19. The minimum Gasteiger partial charge on any atom is -0.349 e. The lowest BCUT2D eigenvalue weighted by Gasteiger charge is -2.40. The van der Waals surface area contributed by atoms with Gasteiger partial charge in [-0.05, 0) is 20.4 Å². The number of morpholine rings is 1. The summed E-state index contributed by atoms with van der Waals surface area (Å²) in [6.07, 6.45) is 0.922. The van der Waals surface area contributed by atoms with E-state index in [4.69, 9.17) is 9.47 Å². The molecule has 1 saturated heterocycles. The van der Waals surface area contributed by atoms with Crippen LogP contribution in [0.4, 0.5) is 0 Å². The number of ether oxygens (including phenoxy) is 2. The lowest BCUT2D eigenvalue weighted by atomic mass is 10.1. The Morgan fingerprint density at radius 3 is 2.75 bits per heavy atom. The van der Waals surface area contributed by atoms with E-state index in [0.717, 1.165) is 32.7 Å². The van der Waals surface area contributed by atoms with Crippen molar-refractivity contribution in [2.24, 2.45) is 0 Å². The largest absolute Gasteiger partial charge is 0.349 e. The highest BCUT2D eigenvalue weighted by Crippen LogP contribution is 2.22. The first kappa shape index (κ1) is 9.96. The smallest absolute Gasteiger partial charge is 0.180 e. The standard InChI is InChI=1S/C9H19NO2/c1-4-9(11-5-2)8-10(3)6-7-12-9/h4-8H2,1-3H3. The van der Waals surface area contributed by atoms with Crippen LogP contribution in [0.3, 0.4) is 0 Å². The van der Waals surface area contributed by atoms with Crippen LogP contribution in [-0.2, 0) is 9.47 Å². The van der Waals surface area contributed by atoms with Crippen LogP contribution in [0.15, 0.2) is 0 Å². The third-order valence-electron chi connectivity index (χ3n) is 2.30. The van der Waals surface area contributed by atoms with Gasteiger partial charge in [-0.1, -0.05) is 6.92 Å². The maximum Gasteiger partial charge on any atom is 0.180 e. The Balaban J connectivity index is 2.51. The number of hydrogen-bond donors (Lipinski definition) is 0. The molecule has 0 radical (unpaired) electrons. The minimum absolute atomic E-state index is 0.332. The second-order valence-corrected chi connectivity index (χ2v) is 3.28. The van der Waals surface area contributed by atoms with Gasteiger partial charge in [0.15, 0.2) is 5.79 Å². The van der Waals surface area contributed by atoms with Crippen LogP contribution in [0, 0.1) is 0 Å². The van der Waals surface area contributed by atoms with Crippen LogP contribution in [-0.4, -0.2) is 44.0 Å². The molecular weight excluding hydrogens is 154 g/mol. The van der Waals surface area contributed by atoms with Crippen LogP contribution in [0.5, 0.6) is 0 Å². The molecule has 1 rings (SSSR count). The fourth-order valence-corrected chi connectivity index (χ4v) is 1.59. The first-order valence-corrected chi connectivity index (χ1v) is 4.69. The number of nitrogens with zero attached hydrogens (tertiary/aromatic N) is 1. The van der Waals surface area contributed by atoms with Gasteiger partial charge in [-0.25, -0.2) is 0 Å². The monoisotopic (exact) mass is 173 g/mol. The van der Waals surface area contributed by atoms with Crippen molar-refractivity contribution in [2.45, 2.75) is 26.1 Å². The normalized spacial score (nSPS) is 32.2. The Hall–Kier alpha value is -0.120. The van der Waals surface area contributed by atoms with E-state index in [1.54, 1.807) is 0 Å². The zero-order chi connectivity index (χ0) is 9.03. The summed E-state index contributed by atoms with van der Waals surface area (Å²) >= 11 is 0. The van der Waals surface area contributed by atoms with Crippen molar-refractivity contribution in [3.8, 4) is 0 Å². The summed E-state index contributed by atoms with van der Waals surface area (Å²) in [7, 11) is 2.10. The number of hydrogen-bond acceptors (Lipinski definition) is 3. The molecule has 0 aromatic heterocycles. The molecule has 3 nitrogen and oxygen atoms in total. The molecule has 1 fully saturated rings. The van der Waals surface area contributed by atoms with Crippen molar-refractivity contribution in [2.75, 3.05) is 33.4 Å². The summed E-state index contributed by atoms with van der Waals surface area (Å²) in [6, 6.07) is 0. The molecule has 0 N–H and O–H groups in total. The fraction of sp³-hybridized carbons (Fsp3) is 1.00. The third-order valence-corrected chi connectivity index (χ3v) is 2.30. The molecule has 1 aliphatic rings. The highest BCUT2D eigenvalue weighted by Gasteiger charge is 2.34. The molecule has 1 heterocycles. The van der Waals surface area contributed by atoms with Gasteiger partial charge in [0.2, 0.25) is 0 Å². The van der Waals surface area contributed by atoms with Crippen LogP contribution in [0.25, 0.3) is 0 Å². The molecular formula is C9H19NO2. The summed E-state index contributed by atoms with van der Waals surface area (Å²) in [5, 5.41) is 0. The molecule has 72 valence electrons. The van der Waals surface area contributed by atoms with Crippen molar-refractivity contribution < 1.29 is 9.47 Å². The number of likely N-dealkylation sites (N-methyl/N-ethyl adjacent to an activating group) is 1. The van der Waals surface area contributed by atoms with Crippen LogP contribution >= 0.6 is 0 Å². The highest BCUT2D eigenvalue weighted by atomic mass is 16.7. The SMILES string of the molecule is CCOC1(CC)CN(C)CCO1. The average molecular weight is 173 g/mol. The molecule has 0 amide bonds. The van der Waals surface area contributed by atoms with Gasteiger partial charge in [0, 0.05) is 13.2 Å². The van der Waals surface area contributed by atoms with E-state index < -0.39 is 0 Å². The number of rotatable bonds is 3. The van der Waals surface area contributed by atoms with E-state index in [1.165, 1.54) is 0 Å². The molecule has 0 aromatic rings. The van der Waals surface area contributed by atoms with Crippen LogP contribution < -0.4 is 0 Å². The van der Waals surface area contributed by atoms with Crippen molar-refractivity contribution in [3.05, 3.63) is 0 Å². The Bertz CT molecular complexity index is 136. The van der Waals surface area contributed by atoms with Gasteiger partial charge in [0.05, 0.1) is 13.2 Å². The molecule has 0 spiro atoms. The van der Waals surface area contributed by atoms with Gasteiger partial charge in [-0.2, -0.15) is 0 Å². The maximum atomic E-state index is 5.66. The van der Waals surface area contributed by atoms with Crippen LogP contribution in [0.1, 0.15) is 20.3 Å². The van der Waals surface area contributed by atoms with E-state index in [9.17, 15) is 0 Å². The van der Waals surface area contributed by atoms with E-state index >= 15 is 0 Å². The molecule has 1 atom stereocenters. The van der Waals surface area contributed by atoms with E-state index in [-0.39, 0.29) is 5.79 Å². The summed E-state index contributed by atoms with van der Waals surface area (Å²) in [6.45, 7) is 7.52. The van der Waals surface area contributed by atoms with Crippen molar-refractivity contribution >= 4 is 0 Å².